The fourth-order valence-electron chi connectivity index (χ4n) is 2.82. The van der Waals surface area contributed by atoms with Gasteiger partial charge in [0.2, 0.25) is 0 Å². The molecule has 2 heterocycles. The van der Waals surface area contributed by atoms with Crippen molar-refractivity contribution in [1.82, 2.24) is 15.0 Å². The first kappa shape index (κ1) is 15.7. The fourth-order valence-corrected chi connectivity index (χ4v) is 2.82. The van der Waals surface area contributed by atoms with E-state index in [-0.39, 0.29) is 11.8 Å². The minimum Gasteiger partial charge on any atom is -0.372 e. The molecule has 1 aliphatic rings. The lowest BCUT2D eigenvalue weighted by Crippen LogP contribution is -2.39. The number of carbonyl (C=O) groups excluding carboxylic acids is 1. The predicted molar refractivity (Wildman–Crippen MR) is 83.9 cm³/mol. The number of rotatable bonds is 5. The first-order valence-corrected chi connectivity index (χ1v) is 8.02. The highest BCUT2D eigenvalue weighted by atomic mass is 16.5. The van der Waals surface area contributed by atoms with Crippen molar-refractivity contribution in [3.8, 4) is 0 Å². The number of hydrogen-bond acceptors (Lipinski definition) is 5. The quantitative estimate of drug-likeness (QED) is 0.848. The zero-order valence-electron chi connectivity index (χ0n) is 13.3. The molecule has 0 spiro atoms. The molecule has 1 aliphatic heterocycles. The number of benzene rings is 1. The van der Waals surface area contributed by atoms with Crippen LogP contribution in [0, 0.1) is 0 Å². The Balaban J connectivity index is 1.66. The average Bonchev–Trinajstić information content (AvgIpc) is 3.09. The molecule has 6 heteroatoms. The third-order valence-electron chi connectivity index (χ3n) is 4.01. The third kappa shape index (κ3) is 3.76. The highest BCUT2D eigenvalue weighted by Gasteiger charge is 2.28. The van der Waals surface area contributed by atoms with Crippen LogP contribution in [0.1, 0.15) is 47.8 Å². The monoisotopic (exact) mass is 315 g/mol. The molecular weight excluding hydrogens is 294 g/mol. The van der Waals surface area contributed by atoms with E-state index in [1.54, 1.807) is 0 Å². The molecule has 122 valence electrons. The maximum atomic E-state index is 12.6. The molecule has 1 amide bonds. The second kappa shape index (κ2) is 7.37. The van der Waals surface area contributed by atoms with Gasteiger partial charge in [-0.25, -0.2) is 0 Å². The zero-order chi connectivity index (χ0) is 16.1. The van der Waals surface area contributed by atoms with Gasteiger partial charge in [-0.1, -0.05) is 23.4 Å². The normalized spacial score (nSPS) is 18.1. The van der Waals surface area contributed by atoms with E-state index < -0.39 is 0 Å². The number of carbonyl (C=O) groups is 1. The Kier molecular flexibility index (Phi) is 5.02. The number of amides is 1. The maximum absolute atomic E-state index is 12.6. The van der Waals surface area contributed by atoms with Gasteiger partial charge in [-0.05, 0) is 31.9 Å². The maximum Gasteiger partial charge on any atom is 0.253 e. The molecule has 1 atom stereocenters. The van der Waals surface area contributed by atoms with Crippen LogP contribution in [-0.4, -0.2) is 40.6 Å². The van der Waals surface area contributed by atoms with Crippen molar-refractivity contribution < 1.29 is 14.1 Å². The van der Waals surface area contributed by atoms with E-state index >= 15 is 0 Å². The first-order valence-electron chi connectivity index (χ1n) is 8.02. The Morgan fingerprint density at radius 3 is 3.00 bits per heavy atom. The summed E-state index contributed by atoms with van der Waals surface area (Å²) in [7, 11) is 0. The third-order valence-corrected chi connectivity index (χ3v) is 4.01. The molecule has 1 aromatic carbocycles. The van der Waals surface area contributed by atoms with Crippen LogP contribution in [0.15, 0.2) is 34.9 Å². The topological polar surface area (TPSA) is 68.5 Å². The Morgan fingerprint density at radius 1 is 1.39 bits per heavy atom. The smallest absolute Gasteiger partial charge is 0.253 e. The van der Waals surface area contributed by atoms with Crippen LogP contribution in [0.5, 0.6) is 0 Å². The van der Waals surface area contributed by atoms with E-state index in [2.05, 4.69) is 10.1 Å². The van der Waals surface area contributed by atoms with E-state index in [0.29, 0.717) is 31.5 Å². The molecule has 23 heavy (non-hydrogen) atoms. The lowest BCUT2D eigenvalue weighted by atomic mass is 9.96. The number of hydrogen-bond donors (Lipinski definition) is 0. The summed E-state index contributed by atoms with van der Waals surface area (Å²) in [5, 5.41) is 4.06. The standard InChI is InChI=1S/C17H21N3O3/c1-2-22-12-15-18-16(19-23-15)14-9-6-10-20(11-14)17(21)13-7-4-3-5-8-13/h3-5,7-8,14H,2,6,9-12H2,1H3. The second-order valence-electron chi connectivity index (χ2n) is 5.64. The molecule has 2 aromatic rings. The number of aromatic nitrogens is 2. The van der Waals surface area contributed by atoms with E-state index in [9.17, 15) is 4.79 Å². The number of piperidine rings is 1. The molecule has 1 aromatic heterocycles. The summed E-state index contributed by atoms with van der Waals surface area (Å²) in [5.41, 5.74) is 0.721. The molecule has 0 N–H and O–H groups in total. The Labute approximate surface area is 135 Å². The van der Waals surface area contributed by atoms with Crippen molar-refractivity contribution in [3.63, 3.8) is 0 Å². The van der Waals surface area contributed by atoms with E-state index in [1.807, 2.05) is 42.2 Å². The van der Waals surface area contributed by atoms with Gasteiger partial charge in [-0.15, -0.1) is 0 Å². The van der Waals surface area contributed by atoms with Crippen LogP contribution in [-0.2, 0) is 11.3 Å². The van der Waals surface area contributed by atoms with Crippen molar-refractivity contribution in [2.45, 2.75) is 32.3 Å². The number of ether oxygens (including phenoxy) is 1. The van der Waals surface area contributed by atoms with Gasteiger partial charge in [0.15, 0.2) is 5.82 Å². The summed E-state index contributed by atoms with van der Waals surface area (Å²) >= 11 is 0. The van der Waals surface area contributed by atoms with Gasteiger partial charge in [-0.2, -0.15) is 4.98 Å². The molecule has 6 nitrogen and oxygen atoms in total. The predicted octanol–water partition coefficient (Wildman–Crippen LogP) is 2.63. The van der Waals surface area contributed by atoms with E-state index in [4.69, 9.17) is 9.26 Å². The molecule has 1 unspecified atom stereocenters. The van der Waals surface area contributed by atoms with Crippen molar-refractivity contribution in [3.05, 3.63) is 47.6 Å². The first-order chi connectivity index (χ1) is 11.3. The largest absolute Gasteiger partial charge is 0.372 e. The van der Waals surface area contributed by atoms with E-state index in [1.165, 1.54) is 0 Å². The van der Waals surface area contributed by atoms with Gasteiger partial charge in [0.25, 0.3) is 11.8 Å². The molecule has 3 rings (SSSR count). The van der Waals surface area contributed by atoms with Crippen molar-refractivity contribution >= 4 is 5.91 Å². The lowest BCUT2D eigenvalue weighted by Gasteiger charge is -2.31. The zero-order valence-corrected chi connectivity index (χ0v) is 13.3. The number of nitrogens with zero attached hydrogens (tertiary/aromatic N) is 3. The van der Waals surface area contributed by atoms with Crippen LogP contribution >= 0.6 is 0 Å². The SMILES string of the molecule is CCOCc1nc(C2CCCN(C(=O)c3ccccc3)C2)no1. The molecule has 0 saturated carbocycles. The summed E-state index contributed by atoms with van der Waals surface area (Å²) < 4.78 is 10.5. The summed E-state index contributed by atoms with van der Waals surface area (Å²) in [6.07, 6.45) is 1.91. The summed E-state index contributed by atoms with van der Waals surface area (Å²) in [5.74, 6) is 1.35. The second-order valence-corrected chi connectivity index (χ2v) is 5.64. The van der Waals surface area contributed by atoms with Crippen LogP contribution in [0.2, 0.25) is 0 Å². The molecule has 0 radical (unpaired) electrons. The van der Waals surface area contributed by atoms with Gasteiger partial charge in [0.1, 0.15) is 6.61 Å². The van der Waals surface area contributed by atoms with Gasteiger partial charge in [0.05, 0.1) is 0 Å². The summed E-state index contributed by atoms with van der Waals surface area (Å²) in [6.45, 7) is 4.27. The molecular formula is C17H21N3O3. The molecule has 0 aliphatic carbocycles. The Hall–Kier alpha value is -2.21. The fraction of sp³-hybridized carbons (Fsp3) is 0.471. The summed E-state index contributed by atoms with van der Waals surface area (Å²) in [4.78, 5) is 18.8. The summed E-state index contributed by atoms with van der Waals surface area (Å²) in [6, 6.07) is 9.37. The molecule has 1 fully saturated rings. The van der Waals surface area contributed by atoms with Crippen LogP contribution in [0.4, 0.5) is 0 Å². The number of likely N-dealkylation sites (tertiary alicyclic amines) is 1. The Morgan fingerprint density at radius 2 is 2.22 bits per heavy atom. The van der Waals surface area contributed by atoms with Crippen molar-refractivity contribution in [1.29, 1.82) is 0 Å². The van der Waals surface area contributed by atoms with E-state index in [0.717, 1.165) is 24.9 Å². The van der Waals surface area contributed by atoms with Crippen LogP contribution < -0.4 is 0 Å². The Bertz CT molecular complexity index is 642. The van der Waals surface area contributed by atoms with Crippen LogP contribution in [0.3, 0.4) is 0 Å². The average molecular weight is 315 g/mol. The van der Waals surface area contributed by atoms with Gasteiger partial charge in [-0.3, -0.25) is 4.79 Å². The minimum absolute atomic E-state index is 0.0633. The van der Waals surface area contributed by atoms with Crippen LogP contribution in [0.25, 0.3) is 0 Å². The van der Waals surface area contributed by atoms with Gasteiger partial charge in [0, 0.05) is 31.2 Å². The lowest BCUT2D eigenvalue weighted by molar-refractivity contribution is 0.0703. The van der Waals surface area contributed by atoms with Gasteiger partial charge < -0.3 is 14.2 Å². The minimum atomic E-state index is 0.0633. The van der Waals surface area contributed by atoms with Crippen molar-refractivity contribution in [2.24, 2.45) is 0 Å². The van der Waals surface area contributed by atoms with Gasteiger partial charge >= 0.3 is 0 Å². The highest BCUT2D eigenvalue weighted by Crippen LogP contribution is 2.26. The molecule has 0 bridgehead atoms. The highest BCUT2D eigenvalue weighted by molar-refractivity contribution is 5.94. The van der Waals surface area contributed by atoms with Crippen molar-refractivity contribution in [2.75, 3.05) is 19.7 Å². The molecule has 1 saturated heterocycles.